The van der Waals surface area contributed by atoms with Gasteiger partial charge in [0.05, 0.1) is 18.8 Å². The molecule has 8 nitrogen and oxygen atoms in total. The van der Waals surface area contributed by atoms with E-state index in [4.69, 9.17) is 9.26 Å². The lowest BCUT2D eigenvalue weighted by molar-refractivity contribution is -0.0712. The van der Waals surface area contributed by atoms with Gasteiger partial charge in [0.2, 0.25) is 5.89 Å². The average Bonchev–Trinajstić information content (AvgIpc) is 3.15. The molecule has 1 atom stereocenters. The van der Waals surface area contributed by atoms with Gasteiger partial charge in [0.25, 0.3) is 5.91 Å². The van der Waals surface area contributed by atoms with Crippen LogP contribution >= 0.6 is 0 Å². The number of morpholine rings is 1. The number of likely N-dealkylation sites (tertiary alicyclic amines) is 1. The summed E-state index contributed by atoms with van der Waals surface area (Å²) in [7, 11) is 1.92. The van der Waals surface area contributed by atoms with Gasteiger partial charge in [-0.2, -0.15) is 4.98 Å². The highest BCUT2D eigenvalue weighted by Crippen LogP contribution is 2.29. The molecule has 2 fully saturated rings. The third kappa shape index (κ3) is 2.71. The van der Waals surface area contributed by atoms with Gasteiger partial charge in [0.1, 0.15) is 6.04 Å². The second-order valence-corrected chi connectivity index (χ2v) is 6.44. The summed E-state index contributed by atoms with van der Waals surface area (Å²) in [5.74, 6) is 1.32. The first-order valence-corrected chi connectivity index (χ1v) is 8.17. The molecule has 4 heterocycles. The maximum absolute atomic E-state index is 12.5. The molecule has 0 aromatic carbocycles. The molecule has 0 bridgehead atoms. The lowest BCUT2D eigenvalue weighted by atomic mass is 10.0. The number of carbonyl (C=O) groups excluding carboxylic acids is 1. The van der Waals surface area contributed by atoms with Crippen LogP contribution < -0.4 is 0 Å². The zero-order valence-electron chi connectivity index (χ0n) is 13.9. The van der Waals surface area contributed by atoms with Crippen LogP contribution in [0.2, 0.25) is 0 Å². The fourth-order valence-electron chi connectivity index (χ4n) is 3.36. The quantitative estimate of drug-likeness (QED) is 0.820. The van der Waals surface area contributed by atoms with Crippen LogP contribution in [0.25, 0.3) is 0 Å². The van der Waals surface area contributed by atoms with Crippen LogP contribution in [-0.2, 0) is 11.8 Å². The van der Waals surface area contributed by atoms with E-state index in [-0.39, 0.29) is 11.9 Å². The summed E-state index contributed by atoms with van der Waals surface area (Å²) in [5.41, 5.74) is 0.738. The number of aryl methyl sites for hydroxylation is 2. The SMILES string of the molecule is Cc1noc(C2COCCN2C2CN(C(=O)c3ccn(C)c3)C2)n1. The van der Waals surface area contributed by atoms with Gasteiger partial charge < -0.3 is 18.7 Å². The minimum Gasteiger partial charge on any atom is -0.378 e. The van der Waals surface area contributed by atoms with Gasteiger partial charge in [-0.05, 0) is 13.0 Å². The Balaban J connectivity index is 1.42. The van der Waals surface area contributed by atoms with E-state index >= 15 is 0 Å². The molecule has 0 spiro atoms. The number of rotatable bonds is 3. The molecule has 1 unspecified atom stereocenters. The molecule has 1 amide bonds. The summed E-state index contributed by atoms with van der Waals surface area (Å²) in [4.78, 5) is 21.0. The Kier molecular flexibility index (Phi) is 3.85. The summed E-state index contributed by atoms with van der Waals surface area (Å²) in [6.45, 7) is 5.29. The molecule has 2 aliphatic heterocycles. The number of hydrogen-bond acceptors (Lipinski definition) is 6. The largest absolute Gasteiger partial charge is 0.378 e. The van der Waals surface area contributed by atoms with Gasteiger partial charge in [0.15, 0.2) is 5.82 Å². The molecule has 2 saturated heterocycles. The van der Waals surface area contributed by atoms with Gasteiger partial charge in [-0.3, -0.25) is 9.69 Å². The van der Waals surface area contributed by atoms with E-state index in [9.17, 15) is 4.79 Å². The van der Waals surface area contributed by atoms with Crippen molar-refractivity contribution >= 4 is 5.91 Å². The van der Waals surface area contributed by atoms with E-state index < -0.39 is 0 Å². The number of ether oxygens (including phenoxy) is 1. The van der Waals surface area contributed by atoms with Gasteiger partial charge >= 0.3 is 0 Å². The molecular formula is C16H21N5O3. The van der Waals surface area contributed by atoms with Crippen LogP contribution in [0, 0.1) is 6.92 Å². The maximum atomic E-state index is 12.5. The second kappa shape index (κ2) is 6.03. The average molecular weight is 331 g/mol. The summed E-state index contributed by atoms with van der Waals surface area (Å²) < 4.78 is 12.8. The van der Waals surface area contributed by atoms with Crippen molar-refractivity contribution in [3.63, 3.8) is 0 Å². The van der Waals surface area contributed by atoms with E-state index in [2.05, 4.69) is 15.0 Å². The normalized spacial score (nSPS) is 22.6. The first-order chi connectivity index (χ1) is 11.6. The highest BCUT2D eigenvalue weighted by Gasteiger charge is 2.41. The molecule has 0 radical (unpaired) electrons. The van der Waals surface area contributed by atoms with Crippen LogP contribution in [-0.4, -0.2) is 69.3 Å². The van der Waals surface area contributed by atoms with Crippen LogP contribution in [0.4, 0.5) is 0 Å². The number of carbonyl (C=O) groups is 1. The molecule has 0 saturated carbocycles. The van der Waals surface area contributed by atoms with Crippen molar-refractivity contribution in [1.82, 2.24) is 24.5 Å². The van der Waals surface area contributed by atoms with Crippen LogP contribution in [0.5, 0.6) is 0 Å². The van der Waals surface area contributed by atoms with Gasteiger partial charge in [0, 0.05) is 45.1 Å². The fourth-order valence-corrected chi connectivity index (χ4v) is 3.36. The third-order valence-corrected chi connectivity index (χ3v) is 4.70. The lowest BCUT2D eigenvalue weighted by Gasteiger charge is -2.48. The second-order valence-electron chi connectivity index (χ2n) is 6.44. The predicted molar refractivity (Wildman–Crippen MR) is 84.4 cm³/mol. The molecule has 2 aliphatic rings. The third-order valence-electron chi connectivity index (χ3n) is 4.70. The first-order valence-electron chi connectivity index (χ1n) is 8.17. The zero-order chi connectivity index (χ0) is 16.7. The van der Waals surface area contributed by atoms with Crippen molar-refractivity contribution in [2.75, 3.05) is 32.8 Å². The Hall–Kier alpha value is -2.19. The molecule has 128 valence electrons. The number of amides is 1. The van der Waals surface area contributed by atoms with Gasteiger partial charge in [-0.15, -0.1) is 0 Å². The molecular weight excluding hydrogens is 310 g/mol. The Morgan fingerprint density at radius 2 is 2.21 bits per heavy atom. The lowest BCUT2D eigenvalue weighted by Crippen LogP contribution is -2.63. The van der Waals surface area contributed by atoms with E-state index in [1.54, 1.807) is 0 Å². The Labute approximate surface area is 140 Å². The Morgan fingerprint density at radius 3 is 2.88 bits per heavy atom. The smallest absolute Gasteiger partial charge is 0.255 e. The summed E-state index contributed by atoms with van der Waals surface area (Å²) >= 11 is 0. The molecule has 2 aromatic rings. The number of nitrogens with zero attached hydrogens (tertiary/aromatic N) is 5. The van der Waals surface area contributed by atoms with E-state index in [1.165, 1.54) is 0 Å². The van der Waals surface area contributed by atoms with Crippen LogP contribution in [0.3, 0.4) is 0 Å². The van der Waals surface area contributed by atoms with Crippen molar-refractivity contribution in [1.29, 1.82) is 0 Å². The molecule has 0 aliphatic carbocycles. The summed E-state index contributed by atoms with van der Waals surface area (Å²) in [5, 5.41) is 3.88. The summed E-state index contributed by atoms with van der Waals surface area (Å²) in [6, 6.07) is 2.13. The molecule has 24 heavy (non-hydrogen) atoms. The first kappa shape index (κ1) is 15.3. The highest BCUT2D eigenvalue weighted by atomic mass is 16.5. The van der Waals surface area contributed by atoms with Gasteiger partial charge in [-0.1, -0.05) is 5.16 Å². The minimum atomic E-state index is -0.0288. The maximum Gasteiger partial charge on any atom is 0.255 e. The Bertz CT molecular complexity index is 734. The van der Waals surface area contributed by atoms with E-state index in [1.807, 2.05) is 41.9 Å². The predicted octanol–water partition coefficient (Wildman–Crippen LogP) is 0.614. The van der Waals surface area contributed by atoms with Gasteiger partial charge in [-0.25, -0.2) is 0 Å². The van der Waals surface area contributed by atoms with Crippen molar-refractivity contribution in [3.05, 3.63) is 35.7 Å². The molecule has 0 N–H and O–H groups in total. The molecule has 2 aromatic heterocycles. The van der Waals surface area contributed by atoms with Crippen molar-refractivity contribution in [2.24, 2.45) is 7.05 Å². The standard InChI is InChI=1S/C16H21N5O3/c1-11-17-15(24-18-11)14-10-23-6-5-21(14)13-8-20(9-13)16(22)12-3-4-19(2)7-12/h3-4,7,13-14H,5-6,8-10H2,1-2H3. The van der Waals surface area contributed by atoms with Crippen molar-refractivity contribution < 1.29 is 14.1 Å². The van der Waals surface area contributed by atoms with E-state index in [0.29, 0.717) is 31.0 Å². The monoisotopic (exact) mass is 331 g/mol. The van der Waals surface area contributed by atoms with Crippen molar-refractivity contribution in [2.45, 2.75) is 19.0 Å². The van der Waals surface area contributed by atoms with E-state index in [0.717, 1.165) is 25.2 Å². The fraction of sp³-hybridized carbons (Fsp3) is 0.562. The number of aromatic nitrogens is 3. The summed E-state index contributed by atoms with van der Waals surface area (Å²) in [6.07, 6.45) is 3.74. The highest BCUT2D eigenvalue weighted by molar-refractivity contribution is 5.94. The van der Waals surface area contributed by atoms with Crippen LogP contribution in [0.1, 0.15) is 28.1 Å². The molecule has 4 rings (SSSR count). The molecule has 8 heteroatoms. The van der Waals surface area contributed by atoms with Crippen LogP contribution in [0.15, 0.2) is 23.0 Å². The van der Waals surface area contributed by atoms with Crippen molar-refractivity contribution in [3.8, 4) is 0 Å². The zero-order valence-corrected chi connectivity index (χ0v) is 13.9. The Morgan fingerprint density at radius 1 is 1.38 bits per heavy atom. The number of hydrogen-bond donors (Lipinski definition) is 0. The minimum absolute atomic E-state index is 0.0288. The topological polar surface area (TPSA) is 76.6 Å².